The van der Waals surface area contributed by atoms with Crippen molar-refractivity contribution < 1.29 is 8.60 Å². The van der Waals surface area contributed by atoms with Crippen molar-refractivity contribution >= 4 is 17.2 Å². The van der Waals surface area contributed by atoms with Gasteiger partial charge in [0.2, 0.25) is 5.95 Å². The summed E-state index contributed by atoms with van der Waals surface area (Å²) in [7, 11) is -1.37. The van der Waals surface area contributed by atoms with Gasteiger partial charge in [0, 0.05) is 18.0 Å². The molecule has 1 aromatic heterocycles. The Morgan fingerprint density at radius 3 is 2.73 bits per heavy atom. The lowest BCUT2D eigenvalue weighted by atomic mass is 10.3. The van der Waals surface area contributed by atoms with E-state index in [1.165, 1.54) is 18.5 Å². The van der Waals surface area contributed by atoms with E-state index in [2.05, 4.69) is 9.38 Å². The Morgan fingerprint density at radius 2 is 2.20 bits per heavy atom. The van der Waals surface area contributed by atoms with Crippen LogP contribution in [-0.2, 0) is 11.0 Å². The smallest absolute Gasteiger partial charge is 0.221 e. The highest BCUT2D eigenvalue weighted by molar-refractivity contribution is 7.85. The van der Waals surface area contributed by atoms with Crippen LogP contribution in [-0.4, -0.2) is 20.2 Å². The van der Waals surface area contributed by atoms with E-state index in [0.29, 0.717) is 0 Å². The van der Waals surface area contributed by atoms with Crippen molar-refractivity contribution in [3.05, 3.63) is 29.8 Å². The normalized spacial score (nSPS) is 14.4. The van der Waals surface area contributed by atoms with Crippen molar-refractivity contribution in [3.8, 4) is 0 Å². The highest BCUT2D eigenvalue weighted by Gasteiger charge is 2.18. The van der Waals surface area contributed by atoms with Crippen LogP contribution in [0.25, 0.3) is 0 Å². The van der Waals surface area contributed by atoms with E-state index in [1.54, 1.807) is 26.8 Å². The molecule has 0 aliphatic heterocycles. The fourth-order valence-corrected chi connectivity index (χ4v) is 1.28. The van der Waals surface area contributed by atoms with E-state index in [1.807, 2.05) is 0 Å². The molecule has 0 aliphatic rings. The average Bonchev–Trinajstić information content (AvgIpc) is 2.14. The maximum atomic E-state index is 13.0. The third kappa shape index (κ3) is 3.51. The van der Waals surface area contributed by atoms with E-state index >= 15 is 0 Å². The molecule has 1 rings (SSSR count). The van der Waals surface area contributed by atoms with Gasteiger partial charge in [0.1, 0.15) is 11.0 Å². The summed E-state index contributed by atoms with van der Waals surface area (Å²) in [5, 5.41) is 0. The third-order valence-electron chi connectivity index (χ3n) is 1.60. The second kappa shape index (κ2) is 4.61. The maximum Gasteiger partial charge on any atom is 0.221 e. The number of hydrogen-bond donors (Lipinski definition) is 0. The third-order valence-corrected chi connectivity index (χ3v) is 2.94. The van der Waals surface area contributed by atoms with Crippen LogP contribution >= 0.6 is 0 Å². The largest absolute Gasteiger partial charge is 0.234 e. The molecule has 5 heteroatoms. The minimum absolute atomic E-state index is 0.245. The molecule has 0 spiro atoms. The predicted molar refractivity (Wildman–Crippen MR) is 59.7 cm³/mol. The zero-order valence-electron chi connectivity index (χ0n) is 8.90. The fraction of sp³-hybridized carbons (Fsp3) is 0.400. The summed E-state index contributed by atoms with van der Waals surface area (Å²) >= 11 is 0. The van der Waals surface area contributed by atoms with E-state index in [-0.39, 0.29) is 5.56 Å². The van der Waals surface area contributed by atoms with Crippen molar-refractivity contribution in [2.45, 2.75) is 25.5 Å². The standard InChI is InChI=1S/C10H13FN2OS/c1-10(2,3)15(14)13-7-8-5-4-6-12-9(8)11/h4-7H,1-3H3/b13-7+/t15-/m0/s1. The molecule has 0 amide bonds. The zero-order valence-corrected chi connectivity index (χ0v) is 9.71. The number of rotatable bonds is 2. The number of halogens is 1. The van der Waals surface area contributed by atoms with Gasteiger partial charge in [0.05, 0.1) is 4.75 Å². The summed E-state index contributed by atoms with van der Waals surface area (Å²) < 4.78 is 27.9. The number of hydrogen-bond acceptors (Lipinski definition) is 2. The van der Waals surface area contributed by atoms with Gasteiger partial charge in [-0.15, -0.1) is 0 Å². The molecule has 0 saturated carbocycles. The van der Waals surface area contributed by atoms with Crippen molar-refractivity contribution in [1.29, 1.82) is 0 Å². The number of aromatic nitrogens is 1. The molecule has 3 nitrogen and oxygen atoms in total. The van der Waals surface area contributed by atoms with E-state index < -0.39 is 21.7 Å². The summed E-state index contributed by atoms with van der Waals surface area (Å²) in [4.78, 5) is 3.46. The van der Waals surface area contributed by atoms with Gasteiger partial charge in [-0.25, -0.2) is 9.19 Å². The summed E-state index contributed by atoms with van der Waals surface area (Å²) in [6, 6.07) is 3.14. The van der Waals surface area contributed by atoms with Gasteiger partial charge in [0.25, 0.3) is 0 Å². The summed E-state index contributed by atoms with van der Waals surface area (Å²) in [5.41, 5.74) is 0.245. The Labute approximate surface area is 91.0 Å². The zero-order chi connectivity index (χ0) is 11.5. The number of pyridine rings is 1. The molecular weight excluding hydrogens is 215 g/mol. The molecule has 0 aliphatic carbocycles. The highest BCUT2D eigenvalue weighted by atomic mass is 32.2. The molecule has 82 valence electrons. The first-order chi connectivity index (χ1) is 6.91. The highest BCUT2D eigenvalue weighted by Crippen LogP contribution is 2.12. The summed E-state index contributed by atoms with van der Waals surface area (Å²) in [6.45, 7) is 5.42. The van der Waals surface area contributed by atoms with Crippen molar-refractivity contribution in [3.63, 3.8) is 0 Å². The lowest BCUT2D eigenvalue weighted by Crippen LogP contribution is -2.19. The first-order valence-electron chi connectivity index (χ1n) is 4.48. The summed E-state index contributed by atoms with van der Waals surface area (Å²) in [6.07, 6.45) is 2.61. The molecule has 0 N–H and O–H groups in total. The molecule has 0 fully saturated rings. The molecule has 1 atom stereocenters. The SMILES string of the molecule is CC(C)(C)[S@](=O)/N=C/c1cccnc1F. The van der Waals surface area contributed by atoms with E-state index in [0.717, 1.165) is 0 Å². The minimum Gasteiger partial charge on any atom is -0.234 e. The lowest BCUT2D eigenvalue weighted by molar-refractivity contribution is 0.582. The lowest BCUT2D eigenvalue weighted by Gasteiger charge is -2.12. The quantitative estimate of drug-likeness (QED) is 0.574. The molecular formula is C10H13FN2OS. The number of nitrogens with zero attached hydrogens (tertiary/aromatic N) is 2. The van der Waals surface area contributed by atoms with Gasteiger partial charge in [0.15, 0.2) is 0 Å². The van der Waals surface area contributed by atoms with Gasteiger partial charge < -0.3 is 0 Å². The Morgan fingerprint density at radius 1 is 1.53 bits per heavy atom. The molecule has 0 saturated heterocycles. The van der Waals surface area contributed by atoms with Gasteiger partial charge in [-0.05, 0) is 32.9 Å². The Hall–Kier alpha value is -1.10. The first-order valence-corrected chi connectivity index (χ1v) is 5.58. The monoisotopic (exact) mass is 228 g/mol. The van der Waals surface area contributed by atoms with Crippen molar-refractivity contribution in [1.82, 2.24) is 4.98 Å². The van der Waals surface area contributed by atoms with Crippen LogP contribution in [0.4, 0.5) is 4.39 Å². The van der Waals surface area contributed by atoms with Gasteiger partial charge in [-0.2, -0.15) is 8.79 Å². The fourth-order valence-electron chi connectivity index (χ4n) is 0.758. The van der Waals surface area contributed by atoms with Crippen LogP contribution in [0.1, 0.15) is 26.3 Å². The predicted octanol–water partition coefficient (Wildman–Crippen LogP) is 2.10. The maximum absolute atomic E-state index is 13.0. The second-order valence-electron chi connectivity index (χ2n) is 3.98. The van der Waals surface area contributed by atoms with Gasteiger partial charge in [-0.1, -0.05) is 0 Å². The minimum atomic E-state index is -1.37. The molecule has 0 bridgehead atoms. The van der Waals surface area contributed by atoms with Crippen molar-refractivity contribution in [2.75, 3.05) is 0 Å². The van der Waals surface area contributed by atoms with E-state index in [4.69, 9.17) is 0 Å². The molecule has 1 aromatic rings. The molecule has 0 radical (unpaired) electrons. The van der Waals surface area contributed by atoms with E-state index in [9.17, 15) is 8.60 Å². The van der Waals surface area contributed by atoms with Crippen LogP contribution in [0.3, 0.4) is 0 Å². The van der Waals surface area contributed by atoms with Gasteiger partial charge >= 0.3 is 0 Å². The molecule has 1 heterocycles. The van der Waals surface area contributed by atoms with Crippen LogP contribution < -0.4 is 0 Å². The Bertz CT molecular complexity index is 399. The first kappa shape index (κ1) is 12.0. The Balaban J connectivity index is 2.84. The topological polar surface area (TPSA) is 42.3 Å². The van der Waals surface area contributed by atoms with Gasteiger partial charge in [-0.3, -0.25) is 0 Å². The van der Waals surface area contributed by atoms with Crippen molar-refractivity contribution in [2.24, 2.45) is 4.40 Å². The van der Waals surface area contributed by atoms with Crippen LogP contribution in [0.2, 0.25) is 0 Å². The average molecular weight is 228 g/mol. The second-order valence-corrected chi connectivity index (χ2v) is 5.91. The molecule has 0 unspecified atom stereocenters. The van der Waals surface area contributed by atoms with Crippen LogP contribution in [0, 0.1) is 5.95 Å². The summed E-state index contributed by atoms with van der Waals surface area (Å²) in [5.74, 6) is -0.604. The molecule has 15 heavy (non-hydrogen) atoms. The van der Waals surface area contributed by atoms with Crippen LogP contribution in [0.5, 0.6) is 0 Å². The molecule has 0 aromatic carbocycles. The Kier molecular flexibility index (Phi) is 3.68. The van der Waals surface area contributed by atoms with Crippen LogP contribution in [0.15, 0.2) is 22.7 Å².